The molecule has 2 aromatic rings. The monoisotopic (exact) mass is 251 g/mol. The second kappa shape index (κ2) is 5.27. The van der Waals surface area contributed by atoms with Crippen molar-refractivity contribution in [2.24, 2.45) is 0 Å². The Hall–Kier alpha value is -1.43. The number of nitrogens with one attached hydrogen (secondary N) is 1. The summed E-state index contributed by atoms with van der Waals surface area (Å²) in [6.07, 6.45) is 3.74. The Kier molecular flexibility index (Phi) is 3.73. The molecule has 0 aliphatic heterocycles. The maximum atomic E-state index is 4.45. The number of anilines is 1. The van der Waals surface area contributed by atoms with Crippen LogP contribution in [-0.2, 0) is 6.54 Å². The van der Waals surface area contributed by atoms with E-state index in [1.165, 1.54) is 11.5 Å². The summed E-state index contributed by atoms with van der Waals surface area (Å²) in [5, 5.41) is 8.40. The first-order chi connectivity index (χ1) is 8.15. The lowest BCUT2D eigenvalue weighted by molar-refractivity contribution is 0.560. The Morgan fingerprint density at radius 3 is 2.82 bits per heavy atom. The minimum absolute atomic E-state index is 0.280. The van der Waals surface area contributed by atoms with Gasteiger partial charge in [0.2, 0.25) is 5.13 Å². The number of hydrogen-bond donors (Lipinski definition) is 1. The molecule has 2 heterocycles. The molecule has 5 nitrogen and oxygen atoms in total. The third-order valence-electron chi connectivity index (χ3n) is 2.35. The first-order valence-electron chi connectivity index (χ1n) is 5.72. The van der Waals surface area contributed by atoms with Crippen molar-refractivity contribution < 1.29 is 0 Å². The third-order valence-corrected chi connectivity index (χ3v) is 3.01. The highest BCUT2D eigenvalue weighted by Crippen LogP contribution is 2.18. The quantitative estimate of drug-likeness (QED) is 0.886. The summed E-state index contributed by atoms with van der Waals surface area (Å²) in [5.74, 6) is 1.28. The molecular weight excluding hydrogens is 234 g/mol. The van der Waals surface area contributed by atoms with Crippen LogP contribution >= 0.6 is 11.5 Å². The first-order valence-corrected chi connectivity index (χ1v) is 6.50. The van der Waals surface area contributed by atoms with Crippen molar-refractivity contribution in [3.63, 3.8) is 0 Å². The van der Waals surface area contributed by atoms with Crippen molar-refractivity contribution in [3.8, 4) is 0 Å². The average molecular weight is 251 g/mol. The topological polar surface area (TPSA) is 55.6 Å². The normalized spacial score (nSPS) is 12.9. The van der Waals surface area contributed by atoms with Gasteiger partial charge in [-0.2, -0.15) is 9.47 Å². The predicted molar refractivity (Wildman–Crippen MR) is 69.3 cm³/mol. The summed E-state index contributed by atoms with van der Waals surface area (Å²) in [7, 11) is 0. The standard InChI is InChI=1S/C11H17N5S/c1-8(2)10-14-11(17-15-10)13-9(3)7-16-6-4-5-12-16/h4-6,8-9H,7H2,1-3H3,(H,13,14,15). The van der Waals surface area contributed by atoms with Gasteiger partial charge in [-0.05, 0) is 13.0 Å². The van der Waals surface area contributed by atoms with Crippen LogP contribution in [0.3, 0.4) is 0 Å². The van der Waals surface area contributed by atoms with Gasteiger partial charge in [-0.15, -0.1) is 0 Å². The van der Waals surface area contributed by atoms with Gasteiger partial charge in [0.05, 0.1) is 6.54 Å². The van der Waals surface area contributed by atoms with E-state index in [1.807, 2.05) is 16.9 Å². The van der Waals surface area contributed by atoms with E-state index in [4.69, 9.17) is 0 Å². The molecule has 0 aromatic carbocycles. The molecule has 0 bridgehead atoms. The van der Waals surface area contributed by atoms with Gasteiger partial charge in [0, 0.05) is 35.9 Å². The predicted octanol–water partition coefficient (Wildman–Crippen LogP) is 2.36. The molecule has 0 aliphatic rings. The summed E-state index contributed by atoms with van der Waals surface area (Å²) in [5.41, 5.74) is 0. The maximum Gasteiger partial charge on any atom is 0.202 e. The van der Waals surface area contributed by atoms with Crippen LogP contribution in [0.5, 0.6) is 0 Å². The fraction of sp³-hybridized carbons (Fsp3) is 0.545. The highest BCUT2D eigenvalue weighted by Gasteiger charge is 2.10. The number of nitrogens with zero attached hydrogens (tertiary/aromatic N) is 4. The molecule has 17 heavy (non-hydrogen) atoms. The van der Waals surface area contributed by atoms with E-state index in [0.29, 0.717) is 5.92 Å². The molecule has 1 unspecified atom stereocenters. The molecule has 1 N–H and O–H groups in total. The maximum absolute atomic E-state index is 4.45. The lowest BCUT2D eigenvalue weighted by Gasteiger charge is -2.12. The van der Waals surface area contributed by atoms with Crippen molar-refractivity contribution in [1.29, 1.82) is 0 Å². The van der Waals surface area contributed by atoms with Crippen molar-refractivity contribution in [1.82, 2.24) is 19.1 Å². The van der Waals surface area contributed by atoms with Crippen molar-refractivity contribution in [3.05, 3.63) is 24.3 Å². The van der Waals surface area contributed by atoms with Gasteiger partial charge >= 0.3 is 0 Å². The molecule has 0 aliphatic carbocycles. The zero-order valence-corrected chi connectivity index (χ0v) is 11.1. The first kappa shape index (κ1) is 12.0. The van der Waals surface area contributed by atoms with Gasteiger partial charge in [-0.1, -0.05) is 13.8 Å². The fourth-order valence-corrected chi connectivity index (χ4v) is 2.29. The van der Waals surface area contributed by atoms with Gasteiger partial charge < -0.3 is 5.32 Å². The molecule has 0 radical (unpaired) electrons. The lowest BCUT2D eigenvalue weighted by atomic mass is 10.2. The van der Waals surface area contributed by atoms with Crippen molar-refractivity contribution in [2.75, 3.05) is 5.32 Å². The molecule has 1 atom stereocenters. The Morgan fingerprint density at radius 2 is 2.24 bits per heavy atom. The molecule has 2 rings (SSSR count). The highest BCUT2D eigenvalue weighted by molar-refractivity contribution is 7.09. The Labute approximate surface area is 105 Å². The summed E-state index contributed by atoms with van der Waals surface area (Å²) in [6.45, 7) is 7.12. The van der Waals surface area contributed by atoms with Gasteiger partial charge in [0.25, 0.3) is 0 Å². The second-order valence-electron chi connectivity index (χ2n) is 4.39. The SMILES string of the molecule is CC(Cn1cccn1)Nc1nc(C(C)C)ns1. The largest absolute Gasteiger partial charge is 0.356 e. The van der Waals surface area contributed by atoms with Crippen molar-refractivity contribution >= 4 is 16.7 Å². The Balaban J connectivity index is 1.91. The third kappa shape index (κ3) is 3.26. The zero-order chi connectivity index (χ0) is 12.3. The van der Waals surface area contributed by atoms with Crippen LogP contribution in [0.25, 0.3) is 0 Å². The molecule has 0 fully saturated rings. The van der Waals surface area contributed by atoms with Gasteiger partial charge in [0.15, 0.2) is 0 Å². The second-order valence-corrected chi connectivity index (χ2v) is 5.14. The van der Waals surface area contributed by atoms with Crippen LogP contribution < -0.4 is 5.32 Å². The molecule has 0 saturated carbocycles. The van der Waals surface area contributed by atoms with Crippen LogP contribution in [0.4, 0.5) is 5.13 Å². The lowest BCUT2D eigenvalue weighted by Crippen LogP contribution is -2.22. The van der Waals surface area contributed by atoms with Crippen LogP contribution in [-0.4, -0.2) is 25.2 Å². The molecule has 0 amide bonds. The zero-order valence-electron chi connectivity index (χ0n) is 10.3. The summed E-state index contributed by atoms with van der Waals surface area (Å²) in [6, 6.07) is 2.21. The Morgan fingerprint density at radius 1 is 1.41 bits per heavy atom. The number of rotatable bonds is 5. The summed E-state index contributed by atoms with van der Waals surface area (Å²) in [4.78, 5) is 4.45. The molecule has 92 valence electrons. The smallest absolute Gasteiger partial charge is 0.202 e. The van der Waals surface area contributed by atoms with E-state index in [-0.39, 0.29) is 6.04 Å². The molecule has 0 saturated heterocycles. The van der Waals surface area contributed by atoms with E-state index in [2.05, 4.69) is 40.5 Å². The molecule has 0 spiro atoms. The molecule has 6 heteroatoms. The summed E-state index contributed by atoms with van der Waals surface area (Å²) < 4.78 is 6.22. The minimum atomic E-state index is 0.280. The highest BCUT2D eigenvalue weighted by atomic mass is 32.1. The van der Waals surface area contributed by atoms with E-state index in [9.17, 15) is 0 Å². The number of hydrogen-bond acceptors (Lipinski definition) is 5. The van der Waals surface area contributed by atoms with Crippen molar-refractivity contribution in [2.45, 2.75) is 39.3 Å². The van der Waals surface area contributed by atoms with E-state index >= 15 is 0 Å². The number of aromatic nitrogens is 4. The van der Waals surface area contributed by atoms with Crippen LogP contribution in [0.2, 0.25) is 0 Å². The van der Waals surface area contributed by atoms with Crippen LogP contribution in [0, 0.1) is 0 Å². The van der Waals surface area contributed by atoms with Gasteiger partial charge in [-0.25, -0.2) is 4.98 Å². The Bertz CT molecular complexity index is 448. The van der Waals surface area contributed by atoms with E-state index < -0.39 is 0 Å². The molecular formula is C11H17N5S. The fourth-order valence-electron chi connectivity index (χ4n) is 1.47. The van der Waals surface area contributed by atoms with E-state index in [0.717, 1.165) is 17.5 Å². The summed E-state index contributed by atoms with van der Waals surface area (Å²) >= 11 is 1.42. The average Bonchev–Trinajstić information content (AvgIpc) is 2.88. The van der Waals surface area contributed by atoms with Crippen LogP contribution in [0.1, 0.15) is 32.5 Å². The van der Waals surface area contributed by atoms with Crippen LogP contribution in [0.15, 0.2) is 18.5 Å². The molecule has 2 aromatic heterocycles. The van der Waals surface area contributed by atoms with E-state index in [1.54, 1.807) is 6.20 Å². The van der Waals surface area contributed by atoms with Gasteiger partial charge in [0.1, 0.15) is 5.82 Å². The van der Waals surface area contributed by atoms with Gasteiger partial charge in [-0.3, -0.25) is 4.68 Å². The minimum Gasteiger partial charge on any atom is -0.356 e.